The summed E-state index contributed by atoms with van der Waals surface area (Å²) in [5, 5.41) is 9.29. The van der Waals surface area contributed by atoms with Crippen molar-refractivity contribution in [1.82, 2.24) is 0 Å². The number of rotatable bonds is 19. The van der Waals surface area contributed by atoms with E-state index in [9.17, 15) is 14.7 Å². The molecule has 1 atom stereocenters. The summed E-state index contributed by atoms with van der Waals surface area (Å²) >= 11 is 0. The molecule has 0 saturated heterocycles. The van der Waals surface area contributed by atoms with Crippen LogP contribution in [0.4, 0.5) is 0 Å². The number of unbranched alkanes of at least 4 members (excludes halogenated alkanes) is 11. The van der Waals surface area contributed by atoms with Crippen LogP contribution in [0.25, 0.3) is 0 Å². The van der Waals surface area contributed by atoms with Crippen molar-refractivity contribution in [1.29, 1.82) is 0 Å². The first-order chi connectivity index (χ1) is 13.4. The van der Waals surface area contributed by atoms with E-state index in [0.717, 1.165) is 12.8 Å². The Hall–Kier alpha value is -1.06. The van der Waals surface area contributed by atoms with Crippen molar-refractivity contribution in [3.8, 4) is 0 Å². The molecule has 4 heteroatoms. The molecule has 0 aromatic heterocycles. The lowest BCUT2D eigenvalue weighted by molar-refractivity contribution is -0.163. The van der Waals surface area contributed by atoms with Gasteiger partial charge in [0.15, 0.2) is 0 Å². The quantitative estimate of drug-likeness (QED) is 0.185. The Labute approximate surface area is 173 Å². The van der Waals surface area contributed by atoms with Gasteiger partial charge in [-0.05, 0) is 18.8 Å². The molecule has 4 nitrogen and oxygen atoms in total. The van der Waals surface area contributed by atoms with Crippen molar-refractivity contribution in [2.24, 2.45) is 11.3 Å². The molecule has 0 aromatic carbocycles. The molecule has 0 spiro atoms. The summed E-state index contributed by atoms with van der Waals surface area (Å²) in [7, 11) is 0. The number of hydrogen-bond acceptors (Lipinski definition) is 3. The number of carboxylic acid groups (broad SMARTS) is 1. The SMILES string of the molecule is CCCCCCCCCCCCCCC(CC)(CC(=O)O)C(=O)OCC(C)C. The topological polar surface area (TPSA) is 63.6 Å². The number of aliphatic carboxylic acids is 1. The highest BCUT2D eigenvalue weighted by Gasteiger charge is 2.40. The van der Waals surface area contributed by atoms with Gasteiger partial charge in [-0.2, -0.15) is 0 Å². The second-order valence-corrected chi connectivity index (χ2v) is 8.84. The number of esters is 1. The Balaban J connectivity index is 4.08. The number of carboxylic acids is 1. The van der Waals surface area contributed by atoms with Crippen molar-refractivity contribution in [2.45, 2.75) is 124 Å². The maximum absolute atomic E-state index is 12.6. The molecule has 0 fully saturated rings. The molecule has 28 heavy (non-hydrogen) atoms. The molecule has 0 heterocycles. The summed E-state index contributed by atoms with van der Waals surface area (Å²) < 4.78 is 5.42. The molecular formula is C24H46O4. The molecule has 0 bridgehead atoms. The van der Waals surface area contributed by atoms with Gasteiger partial charge in [0.05, 0.1) is 18.4 Å². The maximum atomic E-state index is 12.6. The third-order valence-electron chi connectivity index (χ3n) is 5.66. The number of hydrogen-bond donors (Lipinski definition) is 1. The zero-order valence-electron chi connectivity index (χ0n) is 19.1. The highest BCUT2D eigenvalue weighted by atomic mass is 16.5. The normalized spacial score (nSPS) is 13.5. The number of ether oxygens (including phenoxy) is 1. The Bertz CT molecular complexity index is 405. The van der Waals surface area contributed by atoms with Crippen LogP contribution in [0.15, 0.2) is 0 Å². The third kappa shape index (κ3) is 13.2. The standard InChI is InChI=1S/C24H46O4/c1-5-7-8-9-10-11-12-13-14-15-16-17-18-24(6-2,19-22(25)26)23(27)28-20-21(3)4/h21H,5-20H2,1-4H3,(H,25,26). The molecule has 0 aromatic rings. The average molecular weight is 399 g/mol. The fourth-order valence-corrected chi connectivity index (χ4v) is 3.70. The first-order valence-corrected chi connectivity index (χ1v) is 11.8. The molecule has 0 aliphatic heterocycles. The highest BCUT2D eigenvalue weighted by Crippen LogP contribution is 2.35. The summed E-state index contributed by atoms with van der Waals surface area (Å²) in [6, 6.07) is 0. The summed E-state index contributed by atoms with van der Waals surface area (Å²) in [6.45, 7) is 8.49. The first-order valence-electron chi connectivity index (χ1n) is 11.8. The molecule has 1 N–H and O–H groups in total. The minimum Gasteiger partial charge on any atom is -0.481 e. The Morgan fingerprint density at radius 1 is 0.821 bits per heavy atom. The van der Waals surface area contributed by atoms with Crippen molar-refractivity contribution in [3.05, 3.63) is 0 Å². The van der Waals surface area contributed by atoms with Gasteiger partial charge < -0.3 is 9.84 Å². The lowest BCUT2D eigenvalue weighted by atomic mass is 9.77. The van der Waals surface area contributed by atoms with E-state index in [1.54, 1.807) is 0 Å². The van der Waals surface area contributed by atoms with Gasteiger partial charge in [-0.3, -0.25) is 9.59 Å². The molecule has 0 aliphatic carbocycles. The van der Waals surface area contributed by atoms with Crippen molar-refractivity contribution < 1.29 is 19.4 Å². The lowest BCUT2D eigenvalue weighted by Gasteiger charge is -2.29. The Morgan fingerprint density at radius 2 is 1.29 bits per heavy atom. The van der Waals surface area contributed by atoms with E-state index in [1.165, 1.54) is 64.2 Å². The van der Waals surface area contributed by atoms with Crippen molar-refractivity contribution in [2.75, 3.05) is 6.61 Å². The van der Waals surface area contributed by atoms with E-state index < -0.39 is 11.4 Å². The maximum Gasteiger partial charge on any atom is 0.312 e. The van der Waals surface area contributed by atoms with E-state index in [-0.39, 0.29) is 18.3 Å². The van der Waals surface area contributed by atoms with Crippen LogP contribution in [-0.4, -0.2) is 23.7 Å². The van der Waals surface area contributed by atoms with E-state index in [4.69, 9.17) is 4.74 Å². The summed E-state index contributed by atoms with van der Waals surface area (Å²) in [5.74, 6) is -0.980. The van der Waals surface area contributed by atoms with Crippen LogP contribution in [0.3, 0.4) is 0 Å². The van der Waals surface area contributed by atoms with Gasteiger partial charge in [0.25, 0.3) is 0 Å². The average Bonchev–Trinajstić information content (AvgIpc) is 2.65. The number of carbonyl (C=O) groups is 2. The predicted octanol–water partition coefficient (Wildman–Crippen LogP) is 7.15. The summed E-state index contributed by atoms with van der Waals surface area (Å²) in [6.07, 6.45) is 16.2. The van der Waals surface area contributed by atoms with Gasteiger partial charge in [0.1, 0.15) is 0 Å². The monoisotopic (exact) mass is 398 g/mol. The lowest BCUT2D eigenvalue weighted by Crippen LogP contribution is -2.35. The van der Waals surface area contributed by atoms with E-state index in [0.29, 0.717) is 19.4 Å². The van der Waals surface area contributed by atoms with Crippen LogP contribution in [-0.2, 0) is 14.3 Å². The van der Waals surface area contributed by atoms with Crippen LogP contribution in [0, 0.1) is 11.3 Å². The zero-order chi connectivity index (χ0) is 21.3. The van der Waals surface area contributed by atoms with Gasteiger partial charge in [0.2, 0.25) is 0 Å². The molecule has 1 unspecified atom stereocenters. The van der Waals surface area contributed by atoms with Gasteiger partial charge in [-0.25, -0.2) is 0 Å². The van der Waals surface area contributed by atoms with Crippen LogP contribution in [0.2, 0.25) is 0 Å². The van der Waals surface area contributed by atoms with Crippen LogP contribution >= 0.6 is 0 Å². The molecular weight excluding hydrogens is 352 g/mol. The van der Waals surface area contributed by atoms with Gasteiger partial charge >= 0.3 is 11.9 Å². The Kier molecular flexibility index (Phi) is 16.2. The third-order valence-corrected chi connectivity index (χ3v) is 5.66. The molecule has 0 aliphatic rings. The predicted molar refractivity (Wildman–Crippen MR) is 116 cm³/mol. The van der Waals surface area contributed by atoms with E-state index >= 15 is 0 Å². The highest BCUT2D eigenvalue weighted by molar-refractivity contribution is 5.82. The zero-order valence-corrected chi connectivity index (χ0v) is 19.1. The van der Waals surface area contributed by atoms with Crippen LogP contribution in [0.5, 0.6) is 0 Å². The molecule has 0 radical (unpaired) electrons. The van der Waals surface area contributed by atoms with Gasteiger partial charge in [-0.1, -0.05) is 105 Å². The summed E-state index contributed by atoms with van der Waals surface area (Å²) in [4.78, 5) is 23.9. The molecule has 0 amide bonds. The summed E-state index contributed by atoms with van der Waals surface area (Å²) in [5.41, 5.74) is -0.862. The minimum absolute atomic E-state index is 0.127. The largest absolute Gasteiger partial charge is 0.481 e. The second kappa shape index (κ2) is 16.9. The smallest absolute Gasteiger partial charge is 0.312 e. The van der Waals surface area contributed by atoms with Gasteiger partial charge in [0, 0.05) is 0 Å². The molecule has 0 saturated carbocycles. The van der Waals surface area contributed by atoms with Gasteiger partial charge in [-0.15, -0.1) is 0 Å². The van der Waals surface area contributed by atoms with Crippen molar-refractivity contribution in [3.63, 3.8) is 0 Å². The van der Waals surface area contributed by atoms with Crippen LogP contribution < -0.4 is 0 Å². The molecule has 166 valence electrons. The first kappa shape index (κ1) is 26.9. The molecule has 0 rings (SSSR count). The fourth-order valence-electron chi connectivity index (χ4n) is 3.70. The number of carbonyl (C=O) groups excluding carboxylic acids is 1. The minimum atomic E-state index is -0.915. The van der Waals surface area contributed by atoms with E-state index in [1.807, 2.05) is 20.8 Å². The van der Waals surface area contributed by atoms with Crippen molar-refractivity contribution >= 4 is 11.9 Å². The Morgan fingerprint density at radius 3 is 1.68 bits per heavy atom. The fraction of sp³-hybridized carbons (Fsp3) is 0.917. The van der Waals surface area contributed by atoms with Crippen LogP contribution in [0.1, 0.15) is 124 Å². The van der Waals surface area contributed by atoms with E-state index in [2.05, 4.69) is 6.92 Å². The second-order valence-electron chi connectivity index (χ2n) is 8.84.